The van der Waals surface area contributed by atoms with Gasteiger partial charge in [0.25, 0.3) is 5.91 Å². The van der Waals surface area contributed by atoms with Crippen molar-refractivity contribution in [2.45, 2.75) is 12.8 Å². The first-order valence-electron chi connectivity index (χ1n) is 7.52. The van der Waals surface area contributed by atoms with Gasteiger partial charge in [-0.15, -0.1) is 0 Å². The molecular formula is C18H18BrNO4. The second-order valence-electron chi connectivity index (χ2n) is 4.98. The molecule has 0 aromatic heterocycles. The Labute approximate surface area is 149 Å². The number of hydrogen-bond donors (Lipinski definition) is 1. The highest BCUT2D eigenvalue weighted by molar-refractivity contribution is 9.10. The van der Waals surface area contributed by atoms with Crippen LogP contribution in [0.15, 0.2) is 59.1 Å². The lowest BCUT2D eigenvalue weighted by molar-refractivity contribution is -0.147. The number of anilines is 1. The fourth-order valence-corrected chi connectivity index (χ4v) is 2.14. The summed E-state index contributed by atoms with van der Waals surface area (Å²) < 4.78 is 11.4. The third-order valence-corrected chi connectivity index (χ3v) is 3.56. The summed E-state index contributed by atoms with van der Waals surface area (Å²) in [6.45, 7) is 0.119. The van der Waals surface area contributed by atoms with E-state index in [4.69, 9.17) is 9.47 Å². The molecule has 126 valence electrons. The molecule has 2 aromatic carbocycles. The molecule has 0 aliphatic rings. The maximum atomic E-state index is 11.6. The van der Waals surface area contributed by atoms with Crippen molar-refractivity contribution in [3.63, 3.8) is 0 Å². The minimum Gasteiger partial charge on any atom is -0.494 e. The minimum atomic E-state index is -0.419. The van der Waals surface area contributed by atoms with Crippen molar-refractivity contribution in [2.75, 3.05) is 18.5 Å². The summed E-state index contributed by atoms with van der Waals surface area (Å²) in [6, 6.07) is 16.5. The number of rotatable bonds is 8. The van der Waals surface area contributed by atoms with Gasteiger partial charge in [-0.3, -0.25) is 9.59 Å². The summed E-state index contributed by atoms with van der Waals surface area (Å²) >= 11 is 3.35. The number of hydrogen-bond acceptors (Lipinski definition) is 4. The van der Waals surface area contributed by atoms with Crippen LogP contribution >= 0.6 is 15.9 Å². The van der Waals surface area contributed by atoms with Crippen molar-refractivity contribution in [3.05, 3.63) is 59.1 Å². The number of esters is 1. The Morgan fingerprint density at radius 2 is 1.71 bits per heavy atom. The van der Waals surface area contributed by atoms with Gasteiger partial charge in [0.2, 0.25) is 0 Å². The van der Waals surface area contributed by atoms with Crippen LogP contribution in [0.4, 0.5) is 5.69 Å². The topological polar surface area (TPSA) is 64.6 Å². The molecule has 2 rings (SSSR count). The van der Waals surface area contributed by atoms with Crippen LogP contribution in [0.2, 0.25) is 0 Å². The van der Waals surface area contributed by atoms with Gasteiger partial charge in [-0.25, -0.2) is 0 Å². The van der Waals surface area contributed by atoms with Crippen LogP contribution < -0.4 is 10.1 Å². The van der Waals surface area contributed by atoms with Crippen molar-refractivity contribution in [2.24, 2.45) is 0 Å². The van der Waals surface area contributed by atoms with Gasteiger partial charge in [0.1, 0.15) is 5.75 Å². The van der Waals surface area contributed by atoms with Crippen LogP contribution in [0.5, 0.6) is 5.75 Å². The lowest BCUT2D eigenvalue weighted by Gasteiger charge is -2.07. The van der Waals surface area contributed by atoms with E-state index in [1.165, 1.54) is 0 Å². The molecule has 1 N–H and O–H groups in total. The average Bonchev–Trinajstić information content (AvgIpc) is 2.59. The van der Waals surface area contributed by atoms with Gasteiger partial charge >= 0.3 is 5.97 Å². The van der Waals surface area contributed by atoms with Crippen molar-refractivity contribution in [3.8, 4) is 5.75 Å². The fourth-order valence-electron chi connectivity index (χ4n) is 1.87. The molecule has 0 spiro atoms. The molecule has 0 atom stereocenters. The van der Waals surface area contributed by atoms with Gasteiger partial charge in [-0.05, 0) is 42.8 Å². The highest BCUT2D eigenvalue weighted by Crippen LogP contribution is 2.16. The van der Waals surface area contributed by atoms with Crippen molar-refractivity contribution >= 4 is 33.5 Å². The third-order valence-electron chi connectivity index (χ3n) is 3.03. The normalized spacial score (nSPS) is 10.0. The summed E-state index contributed by atoms with van der Waals surface area (Å²) in [7, 11) is 0. The lowest BCUT2D eigenvalue weighted by Crippen LogP contribution is -2.21. The minimum absolute atomic E-state index is 0.204. The maximum Gasteiger partial charge on any atom is 0.306 e. The Balaban J connectivity index is 1.58. The smallest absolute Gasteiger partial charge is 0.306 e. The molecule has 0 saturated carbocycles. The molecule has 0 aliphatic carbocycles. The molecule has 0 saturated heterocycles. The third kappa shape index (κ3) is 6.83. The standard InChI is InChI=1S/C18H18BrNO4/c19-14-8-10-16(11-9-14)23-12-4-7-18(22)24-13-17(21)20-15-5-2-1-3-6-15/h1-3,5-6,8-11H,4,7,12-13H2,(H,20,21). The van der Waals surface area contributed by atoms with E-state index in [0.717, 1.165) is 10.2 Å². The van der Waals surface area contributed by atoms with Crippen LogP contribution in [0.3, 0.4) is 0 Å². The molecule has 0 fully saturated rings. The zero-order chi connectivity index (χ0) is 17.2. The van der Waals surface area contributed by atoms with Crippen molar-refractivity contribution in [1.82, 2.24) is 0 Å². The second kappa shape index (κ2) is 9.72. The van der Waals surface area contributed by atoms with Gasteiger partial charge in [0.05, 0.1) is 6.61 Å². The first kappa shape index (κ1) is 18.0. The van der Waals surface area contributed by atoms with Crippen molar-refractivity contribution in [1.29, 1.82) is 0 Å². The molecule has 0 unspecified atom stereocenters. The van der Waals surface area contributed by atoms with E-state index in [2.05, 4.69) is 21.2 Å². The maximum absolute atomic E-state index is 11.6. The van der Waals surface area contributed by atoms with Crippen LogP contribution in [0, 0.1) is 0 Å². The molecule has 2 aromatic rings. The molecule has 0 aliphatic heterocycles. The highest BCUT2D eigenvalue weighted by atomic mass is 79.9. The average molecular weight is 392 g/mol. The predicted molar refractivity (Wildman–Crippen MR) is 94.9 cm³/mol. The first-order chi connectivity index (χ1) is 11.6. The van der Waals surface area contributed by atoms with Crippen LogP contribution in [0.25, 0.3) is 0 Å². The Morgan fingerprint density at radius 3 is 2.42 bits per heavy atom. The van der Waals surface area contributed by atoms with E-state index in [1.54, 1.807) is 12.1 Å². The van der Waals surface area contributed by atoms with Crippen LogP contribution in [-0.4, -0.2) is 25.1 Å². The quantitative estimate of drug-likeness (QED) is 0.549. The lowest BCUT2D eigenvalue weighted by atomic mass is 10.3. The number of carbonyl (C=O) groups is 2. The van der Waals surface area contributed by atoms with E-state index in [9.17, 15) is 9.59 Å². The van der Waals surface area contributed by atoms with Gasteiger partial charge in [-0.2, -0.15) is 0 Å². The van der Waals surface area contributed by atoms with Gasteiger partial charge < -0.3 is 14.8 Å². The van der Waals surface area contributed by atoms with E-state index >= 15 is 0 Å². The van der Waals surface area contributed by atoms with E-state index in [-0.39, 0.29) is 18.9 Å². The molecule has 6 heteroatoms. The van der Waals surface area contributed by atoms with E-state index in [1.807, 2.05) is 42.5 Å². The summed E-state index contributed by atoms with van der Waals surface area (Å²) in [4.78, 5) is 23.2. The first-order valence-corrected chi connectivity index (χ1v) is 8.31. The highest BCUT2D eigenvalue weighted by Gasteiger charge is 2.08. The van der Waals surface area contributed by atoms with E-state index in [0.29, 0.717) is 18.7 Å². The summed E-state index contributed by atoms with van der Waals surface area (Å²) in [5.74, 6) is -0.0351. The van der Waals surface area contributed by atoms with Gasteiger partial charge in [0.15, 0.2) is 6.61 Å². The molecule has 1 amide bonds. The Bertz CT molecular complexity index is 658. The molecule has 0 bridgehead atoms. The molecule has 5 nitrogen and oxygen atoms in total. The SMILES string of the molecule is O=C(COC(=O)CCCOc1ccc(Br)cc1)Nc1ccccc1. The summed E-state index contributed by atoms with van der Waals surface area (Å²) in [6.07, 6.45) is 0.727. The number of amides is 1. The fraction of sp³-hybridized carbons (Fsp3) is 0.222. The predicted octanol–water partition coefficient (Wildman–Crippen LogP) is 3.79. The Hall–Kier alpha value is -2.34. The second-order valence-corrected chi connectivity index (χ2v) is 5.90. The number of para-hydroxylation sites is 1. The van der Waals surface area contributed by atoms with Crippen LogP contribution in [0.1, 0.15) is 12.8 Å². The summed E-state index contributed by atoms with van der Waals surface area (Å²) in [5.41, 5.74) is 0.668. The molecular weight excluding hydrogens is 374 g/mol. The number of benzene rings is 2. The van der Waals surface area contributed by atoms with E-state index < -0.39 is 5.97 Å². The van der Waals surface area contributed by atoms with Crippen LogP contribution in [-0.2, 0) is 14.3 Å². The summed E-state index contributed by atoms with van der Waals surface area (Å²) in [5, 5.41) is 2.65. The monoisotopic (exact) mass is 391 g/mol. The molecule has 24 heavy (non-hydrogen) atoms. The van der Waals surface area contributed by atoms with Gasteiger partial charge in [0, 0.05) is 16.6 Å². The number of halogens is 1. The number of ether oxygens (including phenoxy) is 2. The zero-order valence-corrected chi connectivity index (χ0v) is 14.6. The molecule has 0 radical (unpaired) electrons. The number of carbonyl (C=O) groups excluding carboxylic acids is 2. The van der Waals surface area contributed by atoms with Crippen molar-refractivity contribution < 1.29 is 19.1 Å². The number of nitrogens with one attached hydrogen (secondary N) is 1. The van der Waals surface area contributed by atoms with Gasteiger partial charge in [-0.1, -0.05) is 34.1 Å². The zero-order valence-electron chi connectivity index (χ0n) is 13.0. The Kier molecular flexibility index (Phi) is 7.29. The Morgan fingerprint density at radius 1 is 1.00 bits per heavy atom. The molecule has 0 heterocycles. The largest absolute Gasteiger partial charge is 0.494 e.